The van der Waals surface area contributed by atoms with Crippen molar-refractivity contribution in [2.45, 2.75) is 0 Å². The average Bonchev–Trinajstić information content (AvgIpc) is 2.86. The molecule has 0 atom stereocenters. The number of pyridine rings is 1. The summed E-state index contributed by atoms with van der Waals surface area (Å²) in [6, 6.07) is 45.0. The van der Waals surface area contributed by atoms with Crippen molar-refractivity contribution in [1.29, 1.82) is 0 Å². The van der Waals surface area contributed by atoms with E-state index in [0.717, 1.165) is 5.49 Å². The Morgan fingerprint density at radius 2 is 0.968 bits per heavy atom. The van der Waals surface area contributed by atoms with Crippen molar-refractivity contribution in [3.63, 3.8) is 0 Å². The van der Waals surface area contributed by atoms with Gasteiger partial charge in [0.05, 0.1) is 0 Å². The van der Waals surface area contributed by atoms with Crippen LogP contribution in [-0.2, 0) is 7.05 Å². The third kappa shape index (κ3) is 3.50. The van der Waals surface area contributed by atoms with Gasteiger partial charge in [-0.05, 0) is 60.0 Å². The van der Waals surface area contributed by atoms with Crippen molar-refractivity contribution in [2.75, 3.05) is 0 Å². The first-order chi connectivity index (χ1) is 15.3. The molecular formula is C28H24N2P+. The summed E-state index contributed by atoms with van der Waals surface area (Å²) < 4.78 is 7.83. The molecule has 0 bridgehead atoms. The zero-order valence-corrected chi connectivity index (χ0v) is 18.4. The highest BCUT2D eigenvalue weighted by Gasteiger charge is 2.46. The second kappa shape index (κ2) is 8.34. The van der Waals surface area contributed by atoms with E-state index in [1.54, 1.807) is 0 Å². The summed E-state index contributed by atoms with van der Waals surface area (Å²) in [7, 11) is -0.168. The maximum atomic E-state index is 5.62. The Balaban J connectivity index is 1.92. The molecule has 0 amide bonds. The number of rotatable bonds is 4. The van der Waals surface area contributed by atoms with Crippen molar-refractivity contribution in [3.05, 3.63) is 133 Å². The summed E-state index contributed by atoms with van der Waals surface area (Å²) >= 11 is 0. The molecule has 0 radical (unpaired) electrons. The molecule has 0 unspecified atom stereocenters. The van der Waals surface area contributed by atoms with Gasteiger partial charge in [0, 0.05) is 12.6 Å². The molecule has 0 aliphatic carbocycles. The maximum absolute atomic E-state index is 5.62. The van der Waals surface area contributed by atoms with Gasteiger partial charge in [-0.3, -0.25) is 0 Å². The summed E-state index contributed by atoms with van der Waals surface area (Å²) in [5.41, 5.74) is 2.15. The third-order valence-electron chi connectivity index (χ3n) is 5.70. The Morgan fingerprint density at radius 3 is 1.48 bits per heavy atom. The van der Waals surface area contributed by atoms with Gasteiger partial charge in [0.1, 0.15) is 15.9 Å². The number of aryl methyl sites for hydroxylation is 1. The van der Waals surface area contributed by atoms with Crippen LogP contribution in [0.4, 0.5) is 0 Å². The van der Waals surface area contributed by atoms with Crippen molar-refractivity contribution >= 4 is 34.2 Å². The van der Waals surface area contributed by atoms with Gasteiger partial charge in [0.15, 0.2) is 5.49 Å². The molecule has 0 spiro atoms. The van der Waals surface area contributed by atoms with Crippen molar-refractivity contribution < 1.29 is 0 Å². The predicted octanol–water partition coefficient (Wildman–Crippen LogP) is 4.99. The highest BCUT2D eigenvalue weighted by molar-refractivity contribution is 7.94. The Morgan fingerprint density at radius 1 is 0.516 bits per heavy atom. The summed E-state index contributed by atoms with van der Waals surface area (Å²) in [5, 5.41) is 4.97. The fourth-order valence-corrected chi connectivity index (χ4v) is 7.70. The molecule has 150 valence electrons. The first-order valence-corrected chi connectivity index (χ1v) is 12.2. The predicted molar refractivity (Wildman–Crippen MR) is 134 cm³/mol. The lowest BCUT2D eigenvalue weighted by Crippen LogP contribution is -2.32. The van der Waals surface area contributed by atoms with Crippen LogP contribution in [0.5, 0.6) is 0 Å². The van der Waals surface area contributed by atoms with Gasteiger partial charge in [-0.25, -0.2) is 0 Å². The lowest BCUT2D eigenvalue weighted by atomic mass is 10.2. The second-order valence-electron chi connectivity index (χ2n) is 7.55. The monoisotopic (exact) mass is 419 g/mol. The molecule has 5 rings (SSSR count). The molecule has 4 aromatic carbocycles. The smallest absolute Gasteiger partial charge is 0.232 e. The minimum atomic E-state index is -2.28. The number of hydrogen-bond donors (Lipinski definition) is 0. The second-order valence-corrected chi connectivity index (χ2v) is 10.6. The molecule has 0 aliphatic heterocycles. The first kappa shape index (κ1) is 19.5. The van der Waals surface area contributed by atoms with Crippen LogP contribution >= 0.6 is 7.41 Å². The number of fused-ring (bicyclic) bond motifs is 1. The Bertz CT molecular complexity index is 1280. The van der Waals surface area contributed by atoms with Crippen LogP contribution in [0.15, 0.2) is 132 Å². The fourth-order valence-electron chi connectivity index (χ4n) is 4.14. The van der Waals surface area contributed by atoms with Gasteiger partial charge in [-0.2, -0.15) is 0 Å². The van der Waals surface area contributed by atoms with Gasteiger partial charge in [-0.1, -0.05) is 77.6 Å². The maximum Gasteiger partial charge on any atom is 0.232 e. The quantitative estimate of drug-likeness (QED) is 0.365. The number of para-hydroxylation sites is 1. The molecule has 2 nitrogen and oxygen atoms in total. The van der Waals surface area contributed by atoms with E-state index < -0.39 is 7.41 Å². The van der Waals surface area contributed by atoms with Crippen molar-refractivity contribution in [2.24, 2.45) is 11.8 Å². The molecule has 3 heteroatoms. The number of benzene rings is 4. The summed E-state index contributed by atoms with van der Waals surface area (Å²) in [4.78, 5) is 0. The largest absolute Gasteiger partial charge is 0.326 e. The van der Waals surface area contributed by atoms with E-state index in [1.807, 2.05) is 0 Å². The molecule has 1 aromatic heterocycles. The topological polar surface area (TPSA) is 17.3 Å². The van der Waals surface area contributed by atoms with Crippen LogP contribution in [0.25, 0.3) is 10.9 Å². The molecule has 0 N–H and O–H groups in total. The molecule has 0 aliphatic rings. The van der Waals surface area contributed by atoms with Gasteiger partial charge in [0.25, 0.3) is 0 Å². The normalized spacial score (nSPS) is 12.2. The van der Waals surface area contributed by atoms with Gasteiger partial charge in [-0.15, -0.1) is 0 Å². The van der Waals surface area contributed by atoms with E-state index in [2.05, 4.69) is 139 Å². The minimum absolute atomic E-state index is 0.976. The Labute approximate surface area is 183 Å². The van der Waals surface area contributed by atoms with E-state index in [1.165, 1.54) is 26.8 Å². The average molecular weight is 419 g/mol. The molecule has 0 fully saturated rings. The number of nitrogens with zero attached hydrogens (tertiary/aromatic N) is 2. The molecular weight excluding hydrogens is 395 g/mol. The van der Waals surface area contributed by atoms with Gasteiger partial charge in [0.2, 0.25) is 7.41 Å². The zero-order valence-electron chi connectivity index (χ0n) is 17.5. The highest BCUT2D eigenvalue weighted by atomic mass is 31.2. The van der Waals surface area contributed by atoms with Crippen LogP contribution in [0.2, 0.25) is 0 Å². The number of aromatic nitrogens is 1. The van der Waals surface area contributed by atoms with E-state index in [-0.39, 0.29) is 0 Å². The molecule has 5 aromatic rings. The van der Waals surface area contributed by atoms with E-state index in [0.29, 0.717) is 0 Å². The highest BCUT2D eigenvalue weighted by Crippen LogP contribution is 2.56. The van der Waals surface area contributed by atoms with E-state index in [9.17, 15) is 0 Å². The zero-order chi connectivity index (χ0) is 21.1. The number of hydrogen-bond acceptors (Lipinski definition) is 1. The van der Waals surface area contributed by atoms with Crippen LogP contribution in [0.1, 0.15) is 0 Å². The third-order valence-corrected chi connectivity index (χ3v) is 9.34. The molecule has 0 saturated heterocycles. The van der Waals surface area contributed by atoms with Crippen LogP contribution in [0.3, 0.4) is 0 Å². The molecule has 1 heterocycles. The first-order valence-electron chi connectivity index (χ1n) is 10.5. The molecule has 31 heavy (non-hydrogen) atoms. The Hall–Kier alpha value is -3.48. The minimum Gasteiger partial charge on any atom is -0.326 e. The van der Waals surface area contributed by atoms with Gasteiger partial charge >= 0.3 is 0 Å². The SMILES string of the molecule is Cn1/c(=N/[P+](c2ccccc2)(c2ccccc2)c2ccccc2)ccc2ccccc21. The van der Waals surface area contributed by atoms with Crippen LogP contribution in [-0.4, -0.2) is 4.57 Å². The Kier molecular flexibility index (Phi) is 5.24. The molecule has 0 saturated carbocycles. The fraction of sp³-hybridized carbons (Fsp3) is 0.0357. The van der Waals surface area contributed by atoms with Crippen LogP contribution < -0.4 is 21.4 Å². The van der Waals surface area contributed by atoms with Crippen molar-refractivity contribution in [1.82, 2.24) is 4.57 Å². The van der Waals surface area contributed by atoms with E-state index in [4.69, 9.17) is 4.76 Å². The summed E-state index contributed by atoms with van der Waals surface area (Å²) in [5.74, 6) is 0. The lowest BCUT2D eigenvalue weighted by molar-refractivity contribution is 0.886. The van der Waals surface area contributed by atoms with Crippen LogP contribution in [0, 0.1) is 0 Å². The standard InChI is InChI=1S/C28H24N2P/c1-30-27-20-12-11-13-23(27)21-22-28(30)29-31(24-14-5-2-6-15-24,25-16-7-3-8-17-25)26-18-9-4-10-19-26/h2-22H,1H3/q+1/b29-28+. The van der Waals surface area contributed by atoms with Gasteiger partial charge < -0.3 is 4.57 Å². The van der Waals surface area contributed by atoms with E-state index >= 15 is 0 Å². The summed E-state index contributed by atoms with van der Waals surface area (Å²) in [6.07, 6.45) is 0. The summed E-state index contributed by atoms with van der Waals surface area (Å²) in [6.45, 7) is 0. The lowest BCUT2D eigenvalue weighted by Gasteiger charge is -2.22. The van der Waals surface area contributed by atoms with Crippen molar-refractivity contribution in [3.8, 4) is 0 Å².